The van der Waals surface area contributed by atoms with Crippen LogP contribution in [-0.2, 0) is 11.3 Å². The highest BCUT2D eigenvalue weighted by Gasteiger charge is 2.13. The first-order chi connectivity index (χ1) is 9.83. The van der Waals surface area contributed by atoms with Crippen molar-refractivity contribution in [3.05, 3.63) is 11.9 Å². The van der Waals surface area contributed by atoms with Crippen molar-refractivity contribution in [3.8, 4) is 0 Å². The predicted octanol–water partition coefficient (Wildman–Crippen LogP) is 2.83. The van der Waals surface area contributed by atoms with E-state index in [4.69, 9.17) is 4.74 Å². The van der Waals surface area contributed by atoms with E-state index in [9.17, 15) is 0 Å². The SMILES string of the molecule is CCNc1cc(N2CCCCCCC2)nc(COC)n1. The van der Waals surface area contributed by atoms with Crippen molar-refractivity contribution in [1.82, 2.24) is 9.97 Å². The molecule has 0 unspecified atom stereocenters. The molecule has 5 heteroatoms. The van der Waals surface area contributed by atoms with Gasteiger partial charge in [-0.1, -0.05) is 19.3 Å². The molecule has 0 saturated carbocycles. The van der Waals surface area contributed by atoms with E-state index in [1.165, 1.54) is 32.1 Å². The van der Waals surface area contributed by atoms with Gasteiger partial charge in [0, 0.05) is 32.8 Å². The smallest absolute Gasteiger partial charge is 0.158 e. The monoisotopic (exact) mass is 278 g/mol. The number of rotatable bonds is 5. The highest BCUT2D eigenvalue weighted by molar-refractivity contribution is 5.49. The van der Waals surface area contributed by atoms with Crippen LogP contribution in [0.15, 0.2) is 6.07 Å². The molecule has 2 heterocycles. The van der Waals surface area contributed by atoms with Gasteiger partial charge in [-0.2, -0.15) is 0 Å². The van der Waals surface area contributed by atoms with Crippen molar-refractivity contribution in [3.63, 3.8) is 0 Å². The van der Waals surface area contributed by atoms with Crippen LogP contribution in [0, 0.1) is 0 Å². The van der Waals surface area contributed by atoms with Gasteiger partial charge in [0.2, 0.25) is 0 Å². The zero-order chi connectivity index (χ0) is 14.2. The van der Waals surface area contributed by atoms with Crippen LogP contribution in [-0.4, -0.2) is 36.7 Å². The summed E-state index contributed by atoms with van der Waals surface area (Å²) in [6, 6.07) is 2.06. The number of methoxy groups -OCH3 is 1. The minimum Gasteiger partial charge on any atom is -0.377 e. The lowest BCUT2D eigenvalue weighted by Crippen LogP contribution is -2.28. The lowest BCUT2D eigenvalue weighted by Gasteiger charge is -2.26. The Kier molecular flexibility index (Phi) is 6.05. The van der Waals surface area contributed by atoms with Crippen LogP contribution in [0.3, 0.4) is 0 Å². The summed E-state index contributed by atoms with van der Waals surface area (Å²) in [7, 11) is 1.68. The average Bonchev–Trinajstić information content (AvgIpc) is 2.38. The van der Waals surface area contributed by atoms with Gasteiger partial charge in [0.15, 0.2) is 5.82 Å². The number of anilines is 2. The first kappa shape index (κ1) is 15.0. The molecular formula is C15H26N4O. The summed E-state index contributed by atoms with van der Waals surface area (Å²) in [5.41, 5.74) is 0. The predicted molar refractivity (Wildman–Crippen MR) is 82.2 cm³/mol. The number of nitrogens with one attached hydrogen (secondary N) is 1. The summed E-state index contributed by atoms with van der Waals surface area (Å²) < 4.78 is 5.18. The molecule has 20 heavy (non-hydrogen) atoms. The number of ether oxygens (including phenoxy) is 1. The molecule has 0 radical (unpaired) electrons. The normalized spacial score (nSPS) is 16.6. The Morgan fingerprint density at radius 2 is 1.85 bits per heavy atom. The molecule has 0 amide bonds. The van der Waals surface area contributed by atoms with Crippen LogP contribution in [0.5, 0.6) is 0 Å². The van der Waals surface area contributed by atoms with Gasteiger partial charge in [-0.05, 0) is 19.8 Å². The molecule has 112 valence electrons. The summed E-state index contributed by atoms with van der Waals surface area (Å²) >= 11 is 0. The number of hydrogen-bond acceptors (Lipinski definition) is 5. The molecule has 0 aliphatic carbocycles. The number of hydrogen-bond donors (Lipinski definition) is 1. The molecule has 0 bridgehead atoms. The minimum absolute atomic E-state index is 0.458. The van der Waals surface area contributed by atoms with Gasteiger partial charge >= 0.3 is 0 Å². The maximum atomic E-state index is 5.18. The maximum Gasteiger partial charge on any atom is 0.158 e. The maximum absolute atomic E-state index is 5.18. The van der Waals surface area contributed by atoms with Crippen molar-refractivity contribution in [2.75, 3.05) is 37.0 Å². The molecular weight excluding hydrogens is 252 g/mol. The molecule has 0 spiro atoms. The summed E-state index contributed by atoms with van der Waals surface area (Å²) in [5, 5.41) is 3.28. The van der Waals surface area contributed by atoms with Gasteiger partial charge in [0.25, 0.3) is 0 Å². The van der Waals surface area contributed by atoms with Crippen molar-refractivity contribution >= 4 is 11.6 Å². The van der Waals surface area contributed by atoms with Crippen LogP contribution in [0.4, 0.5) is 11.6 Å². The summed E-state index contributed by atoms with van der Waals surface area (Å²) in [6.45, 7) is 5.58. The fraction of sp³-hybridized carbons (Fsp3) is 0.733. The van der Waals surface area contributed by atoms with Gasteiger partial charge in [-0.25, -0.2) is 9.97 Å². The molecule has 5 nitrogen and oxygen atoms in total. The first-order valence-electron chi connectivity index (χ1n) is 7.69. The quantitative estimate of drug-likeness (QED) is 0.897. The van der Waals surface area contributed by atoms with Crippen LogP contribution in [0.1, 0.15) is 44.9 Å². The lowest BCUT2D eigenvalue weighted by atomic mass is 10.1. The zero-order valence-corrected chi connectivity index (χ0v) is 12.7. The molecule has 1 aromatic rings. The molecule has 2 rings (SSSR count). The van der Waals surface area contributed by atoms with Crippen molar-refractivity contribution in [2.45, 2.75) is 45.6 Å². The summed E-state index contributed by atoms with van der Waals surface area (Å²) in [6.07, 6.45) is 6.52. The zero-order valence-electron chi connectivity index (χ0n) is 12.7. The topological polar surface area (TPSA) is 50.3 Å². The Labute approximate surface area is 121 Å². The Bertz CT molecular complexity index is 379. The number of nitrogens with zero attached hydrogens (tertiary/aromatic N) is 3. The third-order valence-corrected chi connectivity index (χ3v) is 3.57. The van der Waals surface area contributed by atoms with Crippen molar-refractivity contribution in [1.29, 1.82) is 0 Å². The lowest BCUT2D eigenvalue weighted by molar-refractivity contribution is 0.178. The fourth-order valence-electron chi connectivity index (χ4n) is 2.59. The average molecular weight is 278 g/mol. The third kappa shape index (κ3) is 4.34. The van der Waals surface area contributed by atoms with E-state index in [1.807, 2.05) is 0 Å². The van der Waals surface area contributed by atoms with E-state index in [0.717, 1.165) is 37.1 Å². The summed E-state index contributed by atoms with van der Waals surface area (Å²) in [4.78, 5) is 11.5. The molecule has 0 aromatic carbocycles. The molecule has 1 aromatic heterocycles. The summed E-state index contributed by atoms with van der Waals surface area (Å²) in [5.74, 6) is 2.68. The first-order valence-corrected chi connectivity index (χ1v) is 7.69. The van der Waals surface area contributed by atoms with Gasteiger partial charge in [0.05, 0.1) is 0 Å². The molecule has 1 N–H and O–H groups in total. The standard InChI is InChI=1S/C15H26N4O/c1-3-16-13-11-15(18-14(17-13)12-20-2)19-9-7-5-4-6-8-10-19/h11H,3-10,12H2,1-2H3,(H,16,17,18). The van der Waals surface area contributed by atoms with E-state index < -0.39 is 0 Å². The van der Waals surface area contributed by atoms with Crippen LogP contribution in [0.2, 0.25) is 0 Å². The van der Waals surface area contributed by atoms with Gasteiger partial charge in [0.1, 0.15) is 18.2 Å². The van der Waals surface area contributed by atoms with Crippen molar-refractivity contribution < 1.29 is 4.74 Å². The largest absolute Gasteiger partial charge is 0.377 e. The second-order valence-corrected chi connectivity index (χ2v) is 5.25. The minimum atomic E-state index is 0.458. The van der Waals surface area contributed by atoms with Crippen molar-refractivity contribution in [2.24, 2.45) is 0 Å². The van der Waals surface area contributed by atoms with E-state index in [-0.39, 0.29) is 0 Å². The van der Waals surface area contributed by atoms with E-state index >= 15 is 0 Å². The van der Waals surface area contributed by atoms with Crippen LogP contribution >= 0.6 is 0 Å². The molecule has 1 aliphatic rings. The highest BCUT2D eigenvalue weighted by atomic mass is 16.5. The Morgan fingerprint density at radius 1 is 1.15 bits per heavy atom. The second kappa shape index (κ2) is 8.04. The van der Waals surface area contributed by atoms with E-state index in [2.05, 4.69) is 33.2 Å². The molecule has 1 fully saturated rings. The van der Waals surface area contributed by atoms with Gasteiger partial charge in [-0.3, -0.25) is 0 Å². The second-order valence-electron chi connectivity index (χ2n) is 5.25. The molecule has 1 aliphatic heterocycles. The Hall–Kier alpha value is -1.36. The Morgan fingerprint density at radius 3 is 2.50 bits per heavy atom. The van der Waals surface area contributed by atoms with E-state index in [0.29, 0.717) is 6.61 Å². The number of aromatic nitrogens is 2. The Balaban J connectivity index is 2.18. The van der Waals surface area contributed by atoms with E-state index in [1.54, 1.807) is 7.11 Å². The third-order valence-electron chi connectivity index (χ3n) is 3.57. The van der Waals surface area contributed by atoms with Gasteiger partial charge in [-0.15, -0.1) is 0 Å². The van der Waals surface area contributed by atoms with Crippen LogP contribution < -0.4 is 10.2 Å². The highest BCUT2D eigenvalue weighted by Crippen LogP contribution is 2.20. The molecule has 1 saturated heterocycles. The van der Waals surface area contributed by atoms with Crippen LogP contribution in [0.25, 0.3) is 0 Å². The molecule has 0 atom stereocenters. The fourth-order valence-corrected chi connectivity index (χ4v) is 2.59. The van der Waals surface area contributed by atoms with Gasteiger partial charge < -0.3 is 15.0 Å².